The molecule has 0 unspecified atom stereocenters. The third kappa shape index (κ3) is 5.91. The maximum absolute atomic E-state index is 14.4. The number of benzene rings is 6. The van der Waals surface area contributed by atoms with Crippen molar-refractivity contribution in [1.82, 2.24) is 10.2 Å². The quantitative estimate of drug-likeness (QED) is 0.186. The summed E-state index contributed by atoms with van der Waals surface area (Å²) in [5.74, 6) is 0.270. The van der Waals surface area contributed by atoms with E-state index >= 15 is 0 Å². The molecular formula is C45H44N4O2. The number of ketones is 1. The number of carbonyl (C=O) groups excluding carboxylic acids is 2. The van der Waals surface area contributed by atoms with E-state index in [1.54, 1.807) is 0 Å². The van der Waals surface area contributed by atoms with Gasteiger partial charge in [-0.2, -0.15) is 0 Å². The van der Waals surface area contributed by atoms with E-state index in [1.807, 2.05) is 6.07 Å². The molecule has 6 heteroatoms. The minimum atomic E-state index is -0.0610. The Balaban J connectivity index is 1.05. The Kier molecular flexibility index (Phi) is 8.20. The molecule has 6 nitrogen and oxygen atoms in total. The monoisotopic (exact) mass is 672 g/mol. The summed E-state index contributed by atoms with van der Waals surface area (Å²) in [6.45, 7) is 5.72. The van der Waals surface area contributed by atoms with Gasteiger partial charge in [0.25, 0.3) is 5.91 Å². The molecule has 3 aliphatic rings. The second kappa shape index (κ2) is 13.2. The average molecular weight is 673 g/mol. The summed E-state index contributed by atoms with van der Waals surface area (Å²) >= 11 is 0. The number of amides is 1. The summed E-state index contributed by atoms with van der Waals surface area (Å²) in [5, 5.41) is 10.9. The van der Waals surface area contributed by atoms with Gasteiger partial charge in [-0.15, -0.1) is 0 Å². The molecule has 1 atom stereocenters. The molecule has 256 valence electrons. The number of anilines is 2. The maximum Gasteiger partial charge on any atom is 0.252 e. The lowest BCUT2D eigenvalue weighted by Gasteiger charge is -2.34. The van der Waals surface area contributed by atoms with Crippen molar-refractivity contribution in [3.63, 3.8) is 0 Å². The van der Waals surface area contributed by atoms with Crippen LogP contribution in [0.25, 0.3) is 43.4 Å². The fourth-order valence-electron chi connectivity index (χ4n) is 8.73. The number of fused-ring (bicyclic) bond motifs is 6. The Morgan fingerprint density at radius 1 is 0.627 bits per heavy atom. The van der Waals surface area contributed by atoms with Gasteiger partial charge in [-0.25, -0.2) is 0 Å². The van der Waals surface area contributed by atoms with E-state index in [9.17, 15) is 9.59 Å². The second-order valence-electron chi connectivity index (χ2n) is 14.7. The molecule has 6 aromatic rings. The summed E-state index contributed by atoms with van der Waals surface area (Å²) in [5.41, 5.74) is 7.60. The summed E-state index contributed by atoms with van der Waals surface area (Å²) < 4.78 is 0. The fraction of sp³-hybridized carbons (Fsp3) is 0.289. The molecule has 2 saturated heterocycles. The Labute approximate surface area is 299 Å². The molecule has 51 heavy (non-hydrogen) atoms. The van der Waals surface area contributed by atoms with Gasteiger partial charge < -0.3 is 20.0 Å². The number of piperidine rings is 1. The number of nitrogens with one attached hydrogen (secondary N) is 1. The van der Waals surface area contributed by atoms with E-state index in [1.165, 1.54) is 38.4 Å². The van der Waals surface area contributed by atoms with Gasteiger partial charge in [0.15, 0.2) is 0 Å². The third-order valence-corrected chi connectivity index (χ3v) is 11.6. The number of nitrogens with zero attached hydrogens (tertiary/aromatic N) is 3. The molecule has 1 amide bonds. The largest absolute Gasteiger partial charge is 0.371 e. The van der Waals surface area contributed by atoms with E-state index in [-0.39, 0.29) is 11.9 Å². The SMILES string of the molecule is CN1CCN(c2ccc3c(ccc4c5c(ccc43)[C@H](NC(=O)c3ccc(N4CCC(=O)CC4)cc3-c3cccc4ccccc34)CCC5)c2)CC1. The highest BCUT2D eigenvalue weighted by Gasteiger charge is 2.27. The van der Waals surface area contributed by atoms with E-state index in [4.69, 9.17) is 0 Å². The van der Waals surface area contributed by atoms with Crippen LogP contribution in [0.3, 0.4) is 0 Å². The van der Waals surface area contributed by atoms with Crippen LogP contribution in [-0.4, -0.2) is 62.9 Å². The number of hydrogen-bond donors (Lipinski definition) is 1. The number of aryl methyl sites for hydroxylation is 1. The van der Waals surface area contributed by atoms with Crippen molar-refractivity contribution >= 4 is 55.4 Å². The van der Waals surface area contributed by atoms with Crippen LogP contribution in [0.1, 0.15) is 53.2 Å². The lowest BCUT2D eigenvalue weighted by Crippen LogP contribution is -2.44. The van der Waals surface area contributed by atoms with Gasteiger partial charge in [-0.3, -0.25) is 9.59 Å². The third-order valence-electron chi connectivity index (χ3n) is 11.6. The zero-order chi connectivity index (χ0) is 34.5. The number of hydrogen-bond acceptors (Lipinski definition) is 5. The Morgan fingerprint density at radius 2 is 1.35 bits per heavy atom. The maximum atomic E-state index is 14.4. The van der Waals surface area contributed by atoms with Crippen LogP contribution in [0.4, 0.5) is 11.4 Å². The topological polar surface area (TPSA) is 55.9 Å². The second-order valence-corrected chi connectivity index (χ2v) is 14.7. The van der Waals surface area contributed by atoms with E-state index in [0.29, 0.717) is 37.3 Å². The van der Waals surface area contributed by atoms with E-state index in [2.05, 4.69) is 124 Å². The molecule has 1 aliphatic carbocycles. The van der Waals surface area contributed by atoms with Gasteiger partial charge in [-0.05, 0) is 111 Å². The van der Waals surface area contributed by atoms with Crippen molar-refractivity contribution in [2.24, 2.45) is 0 Å². The van der Waals surface area contributed by atoms with Crippen LogP contribution < -0.4 is 15.1 Å². The van der Waals surface area contributed by atoms with Gasteiger partial charge in [-0.1, -0.05) is 72.8 Å². The van der Waals surface area contributed by atoms with Crippen molar-refractivity contribution in [2.45, 2.75) is 38.1 Å². The van der Waals surface area contributed by atoms with Crippen LogP contribution >= 0.6 is 0 Å². The molecule has 2 heterocycles. The van der Waals surface area contributed by atoms with Crippen molar-refractivity contribution in [1.29, 1.82) is 0 Å². The number of piperazine rings is 1. The van der Waals surface area contributed by atoms with Gasteiger partial charge in [0.2, 0.25) is 0 Å². The highest BCUT2D eigenvalue weighted by Crippen LogP contribution is 2.39. The first kappa shape index (κ1) is 31.8. The van der Waals surface area contributed by atoms with Crippen LogP contribution in [-0.2, 0) is 11.2 Å². The first-order chi connectivity index (χ1) is 25.0. The molecule has 6 aromatic carbocycles. The fourth-order valence-corrected chi connectivity index (χ4v) is 8.73. The number of Topliss-reactive ketones (excluding diaryl/α,β-unsaturated/α-hetero) is 1. The van der Waals surface area contributed by atoms with Gasteiger partial charge >= 0.3 is 0 Å². The van der Waals surface area contributed by atoms with E-state index < -0.39 is 0 Å². The molecule has 2 fully saturated rings. The minimum absolute atomic E-state index is 0.0498. The molecule has 9 rings (SSSR count). The van der Waals surface area contributed by atoms with Gasteiger partial charge in [0, 0.05) is 69.0 Å². The van der Waals surface area contributed by atoms with Crippen LogP contribution in [0.2, 0.25) is 0 Å². The molecule has 0 aromatic heterocycles. The molecule has 0 bridgehead atoms. The Morgan fingerprint density at radius 3 is 2.22 bits per heavy atom. The zero-order valence-corrected chi connectivity index (χ0v) is 29.3. The normalized spacial score (nSPS) is 18.4. The highest BCUT2D eigenvalue weighted by atomic mass is 16.1. The Hall–Kier alpha value is -5.20. The molecule has 2 aliphatic heterocycles. The van der Waals surface area contributed by atoms with Crippen LogP contribution in [0, 0.1) is 0 Å². The predicted molar refractivity (Wildman–Crippen MR) is 210 cm³/mol. The lowest BCUT2D eigenvalue weighted by atomic mass is 9.83. The predicted octanol–water partition coefficient (Wildman–Crippen LogP) is 8.54. The van der Waals surface area contributed by atoms with Crippen LogP contribution in [0.15, 0.2) is 103 Å². The van der Waals surface area contributed by atoms with Crippen LogP contribution in [0.5, 0.6) is 0 Å². The number of likely N-dealkylation sites (N-methyl/N-ethyl adjacent to an activating group) is 1. The van der Waals surface area contributed by atoms with Crippen molar-refractivity contribution < 1.29 is 9.59 Å². The summed E-state index contributed by atoms with van der Waals surface area (Å²) in [7, 11) is 2.20. The van der Waals surface area contributed by atoms with Crippen molar-refractivity contribution in [3.8, 4) is 11.1 Å². The van der Waals surface area contributed by atoms with Crippen molar-refractivity contribution in [3.05, 3.63) is 120 Å². The molecule has 0 radical (unpaired) electrons. The Bertz CT molecular complexity index is 2310. The highest BCUT2D eigenvalue weighted by molar-refractivity contribution is 6.10. The smallest absolute Gasteiger partial charge is 0.252 e. The standard InChI is InChI=1S/C45H44N4O2/c1-47-24-26-49(27-25-47)32-13-16-36-31(28-32)12-15-40-38-10-5-11-44(41(38)19-18-39(36)40)46-45(51)42-17-14-33(48-22-20-34(50)21-23-48)29-43(42)37-9-4-7-30-6-2-3-8-35(30)37/h2-4,6-9,12-19,28-29,44H,5,10-11,20-27H2,1H3,(H,46,51)/t44-/m1/s1. The summed E-state index contributed by atoms with van der Waals surface area (Å²) in [4.78, 5) is 33.6. The molecule has 1 N–H and O–H groups in total. The van der Waals surface area contributed by atoms with Crippen molar-refractivity contribution in [2.75, 3.05) is 56.1 Å². The van der Waals surface area contributed by atoms with Gasteiger partial charge in [0.1, 0.15) is 5.78 Å². The molecular weight excluding hydrogens is 629 g/mol. The summed E-state index contributed by atoms with van der Waals surface area (Å²) in [6, 6.07) is 36.9. The average Bonchev–Trinajstić information content (AvgIpc) is 3.17. The number of rotatable bonds is 5. The first-order valence-electron chi connectivity index (χ1n) is 18.6. The van der Waals surface area contributed by atoms with Gasteiger partial charge in [0.05, 0.1) is 6.04 Å². The van der Waals surface area contributed by atoms with E-state index in [0.717, 1.165) is 73.0 Å². The number of carbonyl (C=O) groups is 2. The minimum Gasteiger partial charge on any atom is -0.371 e. The first-order valence-corrected chi connectivity index (χ1v) is 18.6. The zero-order valence-electron chi connectivity index (χ0n) is 29.3. The molecule has 0 saturated carbocycles. The summed E-state index contributed by atoms with van der Waals surface area (Å²) in [6.07, 6.45) is 4.08. The molecule has 0 spiro atoms. The lowest BCUT2D eigenvalue weighted by molar-refractivity contribution is -0.119.